The Balaban J connectivity index is 2.69. The lowest BCUT2D eigenvalue weighted by atomic mass is 10.4. The van der Waals surface area contributed by atoms with Crippen LogP contribution in [0.3, 0.4) is 0 Å². The van der Waals surface area contributed by atoms with Crippen LogP contribution in [-0.2, 0) is 9.47 Å². The molecule has 0 bridgehead atoms. The molecule has 0 saturated heterocycles. The van der Waals surface area contributed by atoms with Crippen molar-refractivity contribution in [3.63, 3.8) is 0 Å². The van der Waals surface area contributed by atoms with Crippen LogP contribution >= 0.6 is 0 Å². The van der Waals surface area contributed by atoms with E-state index in [0.29, 0.717) is 0 Å². The Labute approximate surface area is 69.9 Å². The van der Waals surface area contributed by atoms with Gasteiger partial charge in [0.25, 0.3) is 0 Å². The molecule has 0 rings (SSSR count). The van der Waals surface area contributed by atoms with Gasteiger partial charge in [-0.3, -0.25) is 0 Å². The van der Waals surface area contributed by atoms with Crippen molar-refractivity contribution < 1.29 is 9.47 Å². The van der Waals surface area contributed by atoms with Gasteiger partial charge in [0, 0.05) is 26.4 Å². The summed E-state index contributed by atoms with van der Waals surface area (Å²) in [5.74, 6) is 0. The summed E-state index contributed by atoms with van der Waals surface area (Å²) in [5, 5.41) is 0. The number of hydrogen-bond acceptors (Lipinski definition) is 2. The molecule has 0 fully saturated rings. The summed E-state index contributed by atoms with van der Waals surface area (Å²) in [7, 11) is 0. The van der Waals surface area contributed by atoms with Crippen molar-refractivity contribution in [2.45, 2.75) is 33.1 Å². The van der Waals surface area contributed by atoms with Gasteiger partial charge < -0.3 is 9.47 Å². The predicted molar refractivity (Wildman–Crippen MR) is 46.8 cm³/mol. The van der Waals surface area contributed by atoms with E-state index in [1.807, 2.05) is 0 Å². The molecule has 0 radical (unpaired) electrons. The number of rotatable bonds is 8. The third kappa shape index (κ3) is 9.92. The summed E-state index contributed by atoms with van der Waals surface area (Å²) in [6, 6.07) is 0. The molecule has 0 aromatic rings. The highest BCUT2D eigenvalue weighted by Crippen LogP contribution is 1.87. The van der Waals surface area contributed by atoms with Crippen molar-refractivity contribution >= 4 is 0 Å². The van der Waals surface area contributed by atoms with E-state index in [4.69, 9.17) is 9.47 Å². The van der Waals surface area contributed by atoms with Gasteiger partial charge in [-0.05, 0) is 19.3 Å². The Bertz CT molecular complexity index is 56.6. The molecule has 0 aliphatic carbocycles. The van der Waals surface area contributed by atoms with Gasteiger partial charge in [-0.15, -0.1) is 0 Å². The van der Waals surface area contributed by atoms with E-state index in [1.54, 1.807) is 0 Å². The molecule has 0 spiro atoms. The fourth-order valence-corrected chi connectivity index (χ4v) is 0.756. The predicted octanol–water partition coefficient (Wildman–Crippen LogP) is 2.23. The monoisotopic (exact) mass is 160 g/mol. The summed E-state index contributed by atoms with van der Waals surface area (Å²) in [4.78, 5) is 0. The molecule has 0 aromatic carbocycles. The van der Waals surface area contributed by atoms with E-state index < -0.39 is 0 Å². The summed E-state index contributed by atoms with van der Waals surface area (Å²) < 4.78 is 10.6. The standard InChI is InChI=1S/C9H20O2/c1-3-6-10-8-5-9-11-7-4-2/h3-9H2,1-2H3. The average Bonchev–Trinajstić information content (AvgIpc) is 2.03. The molecule has 0 amide bonds. The van der Waals surface area contributed by atoms with Gasteiger partial charge in [0.2, 0.25) is 0 Å². The van der Waals surface area contributed by atoms with Crippen LogP contribution in [0.25, 0.3) is 0 Å². The van der Waals surface area contributed by atoms with Crippen LogP contribution in [0.5, 0.6) is 0 Å². The Morgan fingerprint density at radius 1 is 0.727 bits per heavy atom. The van der Waals surface area contributed by atoms with Crippen LogP contribution in [0.2, 0.25) is 0 Å². The molecule has 0 N–H and O–H groups in total. The van der Waals surface area contributed by atoms with Crippen molar-refractivity contribution in [3.8, 4) is 0 Å². The Kier molecular flexibility index (Phi) is 9.85. The Morgan fingerprint density at radius 3 is 1.55 bits per heavy atom. The van der Waals surface area contributed by atoms with Crippen molar-refractivity contribution in [3.05, 3.63) is 0 Å². The second-order valence-corrected chi connectivity index (χ2v) is 2.58. The van der Waals surface area contributed by atoms with Crippen molar-refractivity contribution in [1.29, 1.82) is 0 Å². The molecule has 0 aromatic heterocycles. The highest BCUT2D eigenvalue weighted by atomic mass is 16.5. The molecule has 11 heavy (non-hydrogen) atoms. The zero-order chi connectivity index (χ0) is 8.36. The highest BCUT2D eigenvalue weighted by molar-refractivity contribution is 4.34. The van der Waals surface area contributed by atoms with E-state index >= 15 is 0 Å². The molecule has 2 heteroatoms. The van der Waals surface area contributed by atoms with Gasteiger partial charge in [-0.25, -0.2) is 0 Å². The van der Waals surface area contributed by atoms with Crippen LogP contribution < -0.4 is 0 Å². The van der Waals surface area contributed by atoms with E-state index in [1.165, 1.54) is 0 Å². The second kappa shape index (κ2) is 9.92. The molecule has 0 saturated carbocycles. The molecular formula is C9H20O2. The normalized spacial score (nSPS) is 10.4. The summed E-state index contributed by atoms with van der Waals surface area (Å²) in [5.41, 5.74) is 0. The first-order valence-electron chi connectivity index (χ1n) is 4.57. The third-order valence-electron chi connectivity index (χ3n) is 1.27. The SMILES string of the molecule is CCCOCCCOCCC. The van der Waals surface area contributed by atoms with Gasteiger partial charge >= 0.3 is 0 Å². The summed E-state index contributed by atoms with van der Waals surface area (Å²) >= 11 is 0. The topological polar surface area (TPSA) is 18.5 Å². The smallest absolute Gasteiger partial charge is 0.0487 e. The minimum absolute atomic E-state index is 0.845. The maximum Gasteiger partial charge on any atom is 0.0487 e. The lowest BCUT2D eigenvalue weighted by molar-refractivity contribution is 0.0833. The fraction of sp³-hybridized carbons (Fsp3) is 1.00. The van der Waals surface area contributed by atoms with Crippen LogP contribution in [0.15, 0.2) is 0 Å². The molecule has 0 heterocycles. The van der Waals surface area contributed by atoms with Crippen molar-refractivity contribution in [2.75, 3.05) is 26.4 Å². The molecule has 2 nitrogen and oxygen atoms in total. The molecule has 0 aliphatic heterocycles. The highest BCUT2D eigenvalue weighted by Gasteiger charge is 1.87. The van der Waals surface area contributed by atoms with E-state index in [9.17, 15) is 0 Å². The zero-order valence-electron chi connectivity index (χ0n) is 7.77. The second-order valence-electron chi connectivity index (χ2n) is 2.58. The van der Waals surface area contributed by atoms with E-state index in [0.717, 1.165) is 45.7 Å². The largest absolute Gasteiger partial charge is 0.381 e. The summed E-state index contributed by atoms with van der Waals surface area (Å²) in [6.45, 7) is 7.69. The first-order valence-corrected chi connectivity index (χ1v) is 4.57. The Hall–Kier alpha value is -0.0800. The molecule has 0 atom stereocenters. The third-order valence-corrected chi connectivity index (χ3v) is 1.27. The first-order chi connectivity index (χ1) is 5.41. The van der Waals surface area contributed by atoms with Crippen LogP contribution in [0, 0.1) is 0 Å². The Morgan fingerprint density at radius 2 is 1.18 bits per heavy atom. The molecule has 68 valence electrons. The number of hydrogen-bond donors (Lipinski definition) is 0. The quantitative estimate of drug-likeness (QED) is 0.507. The molecule has 0 unspecified atom stereocenters. The van der Waals surface area contributed by atoms with Gasteiger partial charge in [0.1, 0.15) is 0 Å². The molecular weight excluding hydrogens is 140 g/mol. The lowest BCUT2D eigenvalue weighted by Crippen LogP contribution is -2.01. The zero-order valence-corrected chi connectivity index (χ0v) is 7.77. The minimum atomic E-state index is 0.845. The van der Waals surface area contributed by atoms with E-state index in [2.05, 4.69) is 13.8 Å². The summed E-state index contributed by atoms with van der Waals surface area (Å²) in [6.07, 6.45) is 3.24. The van der Waals surface area contributed by atoms with E-state index in [-0.39, 0.29) is 0 Å². The number of ether oxygens (including phenoxy) is 2. The van der Waals surface area contributed by atoms with Gasteiger partial charge in [0.15, 0.2) is 0 Å². The van der Waals surface area contributed by atoms with Gasteiger partial charge in [-0.2, -0.15) is 0 Å². The fourth-order valence-electron chi connectivity index (χ4n) is 0.756. The maximum absolute atomic E-state index is 5.28. The minimum Gasteiger partial charge on any atom is -0.381 e. The van der Waals surface area contributed by atoms with Crippen molar-refractivity contribution in [2.24, 2.45) is 0 Å². The van der Waals surface area contributed by atoms with Crippen LogP contribution in [0.4, 0.5) is 0 Å². The lowest BCUT2D eigenvalue weighted by Gasteiger charge is -2.02. The maximum atomic E-state index is 5.28. The first kappa shape index (κ1) is 10.9. The van der Waals surface area contributed by atoms with Crippen molar-refractivity contribution in [1.82, 2.24) is 0 Å². The van der Waals surface area contributed by atoms with Crippen LogP contribution in [-0.4, -0.2) is 26.4 Å². The average molecular weight is 160 g/mol. The molecule has 0 aliphatic rings. The van der Waals surface area contributed by atoms with Gasteiger partial charge in [0.05, 0.1) is 0 Å². The van der Waals surface area contributed by atoms with Crippen LogP contribution in [0.1, 0.15) is 33.1 Å². The van der Waals surface area contributed by atoms with Gasteiger partial charge in [-0.1, -0.05) is 13.8 Å².